The van der Waals surface area contributed by atoms with Crippen molar-refractivity contribution >= 4 is 28.7 Å². The van der Waals surface area contributed by atoms with Crippen molar-refractivity contribution in [2.75, 3.05) is 19.1 Å². The minimum atomic E-state index is -0.272. The van der Waals surface area contributed by atoms with E-state index in [0.717, 1.165) is 16.1 Å². The molecule has 7 heteroatoms. The molecule has 0 fully saturated rings. The Morgan fingerprint density at radius 2 is 1.79 bits per heavy atom. The Morgan fingerprint density at radius 3 is 2.46 bits per heavy atom. The number of hydrogen-bond acceptors (Lipinski definition) is 5. The van der Waals surface area contributed by atoms with Gasteiger partial charge >= 0.3 is 4.87 Å². The highest BCUT2D eigenvalue weighted by molar-refractivity contribution is 7.10. The zero-order valence-corrected chi connectivity index (χ0v) is 16.7. The normalized spacial score (nSPS) is 16.0. The van der Waals surface area contributed by atoms with Crippen molar-refractivity contribution in [2.45, 2.75) is 12.3 Å². The number of thiazole rings is 1. The van der Waals surface area contributed by atoms with Gasteiger partial charge in [0.15, 0.2) is 0 Å². The van der Waals surface area contributed by atoms with E-state index in [1.165, 1.54) is 11.3 Å². The lowest BCUT2D eigenvalue weighted by Gasteiger charge is -2.32. The van der Waals surface area contributed by atoms with Crippen LogP contribution >= 0.6 is 11.3 Å². The predicted molar refractivity (Wildman–Crippen MR) is 109 cm³/mol. The second kappa shape index (κ2) is 7.16. The Labute approximate surface area is 166 Å². The van der Waals surface area contributed by atoms with E-state index in [1.54, 1.807) is 30.7 Å². The Bertz CT molecular complexity index is 1090. The molecule has 0 aliphatic carbocycles. The zero-order valence-electron chi connectivity index (χ0n) is 15.8. The molecular weight excluding hydrogens is 376 g/mol. The fourth-order valence-electron chi connectivity index (χ4n) is 3.63. The van der Waals surface area contributed by atoms with Gasteiger partial charge in [0.1, 0.15) is 17.3 Å². The van der Waals surface area contributed by atoms with Gasteiger partial charge in [-0.25, -0.2) is 0 Å². The fraction of sp³-hybridized carbons (Fsp3) is 0.238. The van der Waals surface area contributed by atoms with Crippen molar-refractivity contribution in [2.24, 2.45) is 7.05 Å². The molecule has 2 heterocycles. The third kappa shape index (κ3) is 2.88. The van der Waals surface area contributed by atoms with Crippen molar-refractivity contribution in [3.63, 3.8) is 0 Å². The van der Waals surface area contributed by atoms with Crippen molar-refractivity contribution in [3.05, 3.63) is 68.6 Å². The van der Waals surface area contributed by atoms with Gasteiger partial charge in [-0.1, -0.05) is 29.5 Å². The number of nitrogens with zero attached hydrogens (tertiary/aromatic N) is 2. The second-order valence-electron chi connectivity index (χ2n) is 6.54. The molecule has 0 saturated carbocycles. The van der Waals surface area contributed by atoms with E-state index in [0.29, 0.717) is 17.3 Å². The van der Waals surface area contributed by atoms with Crippen molar-refractivity contribution < 1.29 is 14.3 Å². The summed E-state index contributed by atoms with van der Waals surface area (Å²) in [5, 5.41) is 0. The number of ether oxygens (including phenoxy) is 2. The highest BCUT2D eigenvalue weighted by atomic mass is 32.1. The van der Waals surface area contributed by atoms with Gasteiger partial charge in [-0.05, 0) is 30.3 Å². The molecule has 144 valence electrons. The molecule has 1 aliphatic rings. The largest absolute Gasteiger partial charge is 0.497 e. The van der Waals surface area contributed by atoms with E-state index < -0.39 is 0 Å². The zero-order chi connectivity index (χ0) is 19.8. The van der Waals surface area contributed by atoms with Gasteiger partial charge in [0.25, 0.3) is 0 Å². The monoisotopic (exact) mass is 396 g/mol. The molecule has 0 N–H and O–H groups in total. The molecule has 1 aromatic heterocycles. The number of para-hydroxylation sites is 1. The summed E-state index contributed by atoms with van der Waals surface area (Å²) in [4.78, 5) is 28.1. The Morgan fingerprint density at radius 1 is 1.04 bits per heavy atom. The van der Waals surface area contributed by atoms with Gasteiger partial charge in [0.2, 0.25) is 5.91 Å². The van der Waals surface area contributed by atoms with Crippen molar-refractivity contribution in [3.8, 4) is 11.5 Å². The molecule has 28 heavy (non-hydrogen) atoms. The molecule has 0 radical (unpaired) electrons. The first-order valence-corrected chi connectivity index (χ1v) is 9.66. The molecule has 1 unspecified atom stereocenters. The van der Waals surface area contributed by atoms with Crippen LogP contribution in [0.1, 0.15) is 22.8 Å². The van der Waals surface area contributed by atoms with Gasteiger partial charge < -0.3 is 9.47 Å². The second-order valence-corrected chi connectivity index (χ2v) is 7.54. The first-order valence-electron chi connectivity index (χ1n) is 8.84. The minimum Gasteiger partial charge on any atom is -0.497 e. The summed E-state index contributed by atoms with van der Waals surface area (Å²) >= 11 is 1.17. The standard InChI is InChI=1S/C21H20N2O4S/c1-22-20-19(28-21(22)25)16(15-11-14(26-2)9-10-17(15)27-3)12-18(24)23(20)13-7-5-4-6-8-13/h4-11,16H,12H2,1-3H3. The third-order valence-corrected chi connectivity index (χ3v) is 6.13. The molecule has 1 amide bonds. The smallest absolute Gasteiger partial charge is 0.308 e. The lowest BCUT2D eigenvalue weighted by Crippen LogP contribution is -2.34. The van der Waals surface area contributed by atoms with E-state index in [-0.39, 0.29) is 23.1 Å². The molecule has 0 spiro atoms. The number of methoxy groups -OCH3 is 2. The van der Waals surface area contributed by atoms with Gasteiger partial charge in [-0.2, -0.15) is 0 Å². The molecule has 4 rings (SSSR count). The molecule has 6 nitrogen and oxygen atoms in total. The molecular formula is C21H20N2O4S. The van der Waals surface area contributed by atoms with Crippen LogP contribution in [0.15, 0.2) is 53.3 Å². The molecule has 3 aromatic rings. The van der Waals surface area contributed by atoms with Crippen LogP contribution in [0.2, 0.25) is 0 Å². The first kappa shape index (κ1) is 18.3. The summed E-state index contributed by atoms with van der Waals surface area (Å²) < 4.78 is 12.4. The van der Waals surface area contributed by atoms with Crippen LogP contribution < -0.4 is 19.2 Å². The van der Waals surface area contributed by atoms with E-state index in [4.69, 9.17) is 9.47 Å². The maximum atomic E-state index is 13.2. The van der Waals surface area contributed by atoms with Crippen LogP contribution in [0.5, 0.6) is 11.5 Å². The maximum Gasteiger partial charge on any atom is 0.308 e. The van der Waals surface area contributed by atoms with Crippen LogP contribution in [0.3, 0.4) is 0 Å². The van der Waals surface area contributed by atoms with Gasteiger partial charge in [-0.3, -0.25) is 19.1 Å². The first-order chi connectivity index (χ1) is 13.5. The lowest BCUT2D eigenvalue weighted by atomic mass is 9.89. The van der Waals surface area contributed by atoms with Gasteiger partial charge in [-0.15, -0.1) is 0 Å². The highest BCUT2D eigenvalue weighted by Gasteiger charge is 2.38. The molecule has 2 aromatic carbocycles. The molecule has 1 aliphatic heterocycles. The van der Waals surface area contributed by atoms with Gasteiger partial charge in [0, 0.05) is 24.9 Å². The number of aromatic nitrogens is 1. The van der Waals surface area contributed by atoms with Crippen LogP contribution in [0, 0.1) is 0 Å². The lowest BCUT2D eigenvalue weighted by molar-refractivity contribution is -0.118. The number of carbonyl (C=O) groups excluding carboxylic acids is 1. The number of carbonyl (C=O) groups is 1. The average Bonchev–Trinajstić information content (AvgIpc) is 3.02. The molecule has 1 atom stereocenters. The van der Waals surface area contributed by atoms with E-state index in [2.05, 4.69) is 0 Å². The summed E-state index contributed by atoms with van der Waals surface area (Å²) in [6.07, 6.45) is 0.241. The number of anilines is 2. The minimum absolute atomic E-state index is 0.0676. The number of amides is 1. The Balaban J connectivity index is 1.92. The SMILES string of the molecule is COc1ccc(OC)c(C2CC(=O)N(c3ccccc3)c3c2sc(=O)n3C)c1. The third-order valence-electron chi connectivity index (χ3n) is 4.99. The van der Waals surface area contributed by atoms with Gasteiger partial charge in [0.05, 0.1) is 24.8 Å². The average molecular weight is 396 g/mol. The number of fused-ring (bicyclic) bond motifs is 1. The Kier molecular flexibility index (Phi) is 4.68. The van der Waals surface area contributed by atoms with E-state index in [1.807, 2.05) is 48.5 Å². The van der Waals surface area contributed by atoms with E-state index in [9.17, 15) is 9.59 Å². The maximum absolute atomic E-state index is 13.2. The molecule has 0 bridgehead atoms. The molecule has 0 saturated heterocycles. The fourth-order valence-corrected chi connectivity index (χ4v) is 4.71. The topological polar surface area (TPSA) is 60.8 Å². The number of benzene rings is 2. The number of rotatable bonds is 4. The van der Waals surface area contributed by atoms with E-state index >= 15 is 0 Å². The van der Waals surface area contributed by atoms with Crippen LogP contribution in [0.25, 0.3) is 0 Å². The Hall–Kier alpha value is -3.06. The summed E-state index contributed by atoms with van der Waals surface area (Å²) in [6.45, 7) is 0. The highest BCUT2D eigenvalue weighted by Crippen LogP contribution is 2.47. The van der Waals surface area contributed by atoms with Crippen LogP contribution in [0.4, 0.5) is 11.5 Å². The number of hydrogen-bond donors (Lipinski definition) is 0. The van der Waals surface area contributed by atoms with Crippen LogP contribution in [-0.4, -0.2) is 24.7 Å². The summed E-state index contributed by atoms with van der Waals surface area (Å²) in [5.74, 6) is 1.63. The predicted octanol–water partition coefficient (Wildman–Crippen LogP) is 3.66. The van der Waals surface area contributed by atoms with Crippen molar-refractivity contribution in [1.82, 2.24) is 4.57 Å². The quantitative estimate of drug-likeness (QED) is 0.675. The summed E-state index contributed by atoms with van der Waals surface area (Å²) in [5.41, 5.74) is 1.59. The van der Waals surface area contributed by atoms with Crippen molar-refractivity contribution in [1.29, 1.82) is 0 Å². The summed E-state index contributed by atoms with van der Waals surface area (Å²) in [6, 6.07) is 14.9. The van der Waals surface area contributed by atoms with Crippen LogP contribution in [-0.2, 0) is 11.8 Å². The summed E-state index contributed by atoms with van der Waals surface area (Å²) in [7, 11) is 4.90.